The van der Waals surface area contributed by atoms with Crippen molar-refractivity contribution in [3.63, 3.8) is 0 Å². The molecule has 5 heteroatoms. The maximum absolute atomic E-state index is 12.5. The molecule has 0 aliphatic heterocycles. The Morgan fingerprint density at radius 1 is 1.35 bits per heavy atom. The molecule has 0 bridgehead atoms. The minimum atomic E-state index is -0.719. The van der Waals surface area contributed by atoms with Gasteiger partial charge in [-0.15, -0.1) is 6.58 Å². The number of allylic oxidation sites excluding steroid dienone is 1. The molecule has 1 aliphatic rings. The lowest BCUT2D eigenvalue weighted by molar-refractivity contribution is -0.152. The van der Waals surface area contributed by atoms with Gasteiger partial charge in [-0.3, -0.25) is 4.79 Å². The fourth-order valence-corrected chi connectivity index (χ4v) is 3.01. The van der Waals surface area contributed by atoms with E-state index in [4.69, 9.17) is 9.57 Å². The topological polar surface area (TPSA) is 65.0 Å². The quantitative estimate of drug-likeness (QED) is 0.199. The number of ether oxygens (including phenoxy) is 1. The zero-order valence-corrected chi connectivity index (χ0v) is 14.4. The van der Waals surface area contributed by atoms with Gasteiger partial charge in [0.05, 0.1) is 12.3 Å². The number of hydrogen-bond donors (Lipinski definition) is 0. The second kappa shape index (κ2) is 10.2. The molecule has 0 saturated heterocycles. The third kappa shape index (κ3) is 5.48. The van der Waals surface area contributed by atoms with Gasteiger partial charge in [0.1, 0.15) is 5.41 Å². The Kier molecular flexibility index (Phi) is 8.59. The lowest BCUT2D eigenvalue weighted by atomic mass is 9.79. The molecule has 1 saturated carbocycles. The molecule has 1 atom stereocenters. The lowest BCUT2D eigenvalue weighted by Gasteiger charge is -2.27. The number of carbonyl (C=O) groups excluding carboxylic acids is 2. The Hall–Kier alpha value is -1.65. The molecule has 0 radical (unpaired) electrons. The Morgan fingerprint density at radius 2 is 2.13 bits per heavy atom. The van der Waals surface area contributed by atoms with Gasteiger partial charge in [-0.2, -0.15) is 0 Å². The van der Waals surface area contributed by atoms with Crippen molar-refractivity contribution in [3.8, 4) is 0 Å². The molecule has 1 fully saturated rings. The third-order valence-electron chi connectivity index (χ3n) is 4.21. The summed E-state index contributed by atoms with van der Waals surface area (Å²) in [6.45, 7) is 7.77. The second-order valence-corrected chi connectivity index (χ2v) is 5.94. The van der Waals surface area contributed by atoms with Crippen LogP contribution < -0.4 is 0 Å². The van der Waals surface area contributed by atoms with E-state index in [1.807, 2.05) is 13.0 Å². The Balaban J connectivity index is 2.86. The minimum Gasteiger partial charge on any atom is -0.465 e. The largest absolute Gasteiger partial charge is 0.465 e. The van der Waals surface area contributed by atoms with Gasteiger partial charge in [0.25, 0.3) is 0 Å². The van der Waals surface area contributed by atoms with Crippen LogP contribution in [0.4, 0.5) is 0 Å². The SMILES string of the molecule is C=CCCCC[C@]1(C(=O)OCC)CCC/C1=N/OC(=O)CCC. The van der Waals surface area contributed by atoms with Gasteiger partial charge in [0, 0.05) is 6.42 Å². The molecule has 130 valence electrons. The number of unbranched alkanes of at least 4 members (excludes halogenated alkanes) is 2. The first-order chi connectivity index (χ1) is 11.1. The molecular formula is C18H29NO4. The van der Waals surface area contributed by atoms with E-state index < -0.39 is 5.41 Å². The molecule has 5 nitrogen and oxygen atoms in total. The number of carbonyl (C=O) groups is 2. The van der Waals surface area contributed by atoms with Gasteiger partial charge in [-0.1, -0.05) is 24.6 Å². The second-order valence-electron chi connectivity index (χ2n) is 5.94. The van der Waals surface area contributed by atoms with E-state index in [1.165, 1.54) is 0 Å². The van der Waals surface area contributed by atoms with Crippen LogP contribution in [0.15, 0.2) is 17.8 Å². The van der Waals surface area contributed by atoms with E-state index in [9.17, 15) is 9.59 Å². The summed E-state index contributed by atoms with van der Waals surface area (Å²) in [4.78, 5) is 29.1. The molecule has 1 aliphatic carbocycles. The Labute approximate surface area is 139 Å². The fraction of sp³-hybridized carbons (Fsp3) is 0.722. The van der Waals surface area contributed by atoms with Crippen molar-refractivity contribution in [3.05, 3.63) is 12.7 Å². The van der Waals surface area contributed by atoms with Crippen LogP contribution in [0.1, 0.15) is 71.6 Å². The number of oxime groups is 1. The zero-order chi connectivity index (χ0) is 17.1. The fourth-order valence-electron chi connectivity index (χ4n) is 3.01. The van der Waals surface area contributed by atoms with Crippen LogP contribution in [-0.2, 0) is 19.2 Å². The van der Waals surface area contributed by atoms with Gasteiger partial charge >= 0.3 is 11.9 Å². The first-order valence-electron chi connectivity index (χ1n) is 8.66. The number of nitrogens with zero attached hydrogens (tertiary/aromatic N) is 1. The Bertz CT molecular complexity index is 444. The van der Waals surface area contributed by atoms with Crippen LogP contribution in [0.25, 0.3) is 0 Å². The maximum Gasteiger partial charge on any atom is 0.334 e. The molecule has 0 aromatic rings. The summed E-state index contributed by atoms with van der Waals surface area (Å²) < 4.78 is 5.29. The van der Waals surface area contributed by atoms with E-state index >= 15 is 0 Å². The average molecular weight is 323 g/mol. The van der Waals surface area contributed by atoms with E-state index in [0.717, 1.165) is 25.7 Å². The predicted octanol–water partition coefficient (Wildman–Crippen LogP) is 4.17. The van der Waals surface area contributed by atoms with Crippen LogP contribution in [0, 0.1) is 5.41 Å². The number of rotatable bonds is 10. The van der Waals surface area contributed by atoms with Crippen molar-refractivity contribution in [2.45, 2.75) is 71.6 Å². The van der Waals surface area contributed by atoms with Crippen LogP contribution in [0.3, 0.4) is 0 Å². The highest BCUT2D eigenvalue weighted by Gasteiger charge is 2.48. The number of hydrogen-bond acceptors (Lipinski definition) is 5. The monoisotopic (exact) mass is 323 g/mol. The molecule has 0 spiro atoms. The maximum atomic E-state index is 12.5. The molecule has 0 N–H and O–H groups in total. The third-order valence-corrected chi connectivity index (χ3v) is 4.21. The van der Waals surface area contributed by atoms with Crippen LogP contribution in [-0.4, -0.2) is 24.3 Å². The standard InChI is InChI=1S/C18H29NO4/c1-4-7-8-9-13-18(17(21)22-6-3)14-10-12-15(18)19-23-16(20)11-5-2/h4H,1,5-14H2,2-3H3/b19-15-/t18-/m0/s1. The summed E-state index contributed by atoms with van der Waals surface area (Å²) in [7, 11) is 0. The summed E-state index contributed by atoms with van der Waals surface area (Å²) in [5, 5.41) is 4.04. The minimum absolute atomic E-state index is 0.235. The van der Waals surface area contributed by atoms with Gasteiger partial charge in [-0.25, -0.2) is 4.79 Å². The summed E-state index contributed by atoms with van der Waals surface area (Å²) in [5.41, 5.74) is -0.0528. The molecule has 0 heterocycles. The van der Waals surface area contributed by atoms with Crippen molar-refractivity contribution in [1.29, 1.82) is 0 Å². The molecule has 0 unspecified atom stereocenters. The van der Waals surface area contributed by atoms with Crippen molar-refractivity contribution in [2.24, 2.45) is 10.6 Å². The van der Waals surface area contributed by atoms with Crippen LogP contribution in [0.5, 0.6) is 0 Å². The highest BCUT2D eigenvalue weighted by Crippen LogP contribution is 2.42. The number of esters is 1. The van der Waals surface area contributed by atoms with Crippen molar-refractivity contribution in [2.75, 3.05) is 6.61 Å². The van der Waals surface area contributed by atoms with Crippen LogP contribution >= 0.6 is 0 Å². The summed E-state index contributed by atoms with van der Waals surface area (Å²) in [5.74, 6) is -0.585. The van der Waals surface area contributed by atoms with Gasteiger partial charge < -0.3 is 9.57 Å². The first kappa shape index (κ1) is 19.4. The summed E-state index contributed by atoms with van der Waals surface area (Å²) in [6, 6.07) is 0. The van der Waals surface area contributed by atoms with E-state index in [-0.39, 0.29) is 11.9 Å². The lowest BCUT2D eigenvalue weighted by Crippen LogP contribution is -2.37. The van der Waals surface area contributed by atoms with Gasteiger partial charge in [0.2, 0.25) is 0 Å². The predicted molar refractivity (Wildman–Crippen MR) is 90.0 cm³/mol. The van der Waals surface area contributed by atoms with Crippen molar-refractivity contribution < 1.29 is 19.2 Å². The Morgan fingerprint density at radius 3 is 2.78 bits per heavy atom. The van der Waals surface area contributed by atoms with E-state index in [1.54, 1.807) is 6.92 Å². The normalized spacial score (nSPS) is 22.1. The molecular weight excluding hydrogens is 294 g/mol. The van der Waals surface area contributed by atoms with Crippen LogP contribution in [0.2, 0.25) is 0 Å². The smallest absolute Gasteiger partial charge is 0.334 e. The van der Waals surface area contributed by atoms with E-state index in [0.29, 0.717) is 44.4 Å². The van der Waals surface area contributed by atoms with Crippen molar-refractivity contribution in [1.82, 2.24) is 0 Å². The van der Waals surface area contributed by atoms with Gasteiger partial charge in [0.15, 0.2) is 0 Å². The van der Waals surface area contributed by atoms with Gasteiger partial charge in [-0.05, 0) is 51.9 Å². The molecule has 0 aromatic heterocycles. The highest BCUT2D eigenvalue weighted by atomic mass is 16.7. The van der Waals surface area contributed by atoms with E-state index in [2.05, 4.69) is 11.7 Å². The summed E-state index contributed by atoms with van der Waals surface area (Å²) in [6.07, 6.45) is 8.68. The van der Waals surface area contributed by atoms with Crippen molar-refractivity contribution >= 4 is 17.7 Å². The molecule has 1 rings (SSSR count). The first-order valence-corrected chi connectivity index (χ1v) is 8.66. The highest BCUT2D eigenvalue weighted by molar-refractivity contribution is 6.08. The summed E-state index contributed by atoms with van der Waals surface area (Å²) >= 11 is 0. The molecule has 23 heavy (non-hydrogen) atoms. The molecule has 0 amide bonds. The average Bonchev–Trinajstić information content (AvgIpc) is 2.94. The zero-order valence-electron chi connectivity index (χ0n) is 14.4. The molecule has 0 aromatic carbocycles.